The van der Waals surface area contributed by atoms with Crippen LogP contribution in [0.3, 0.4) is 0 Å². The summed E-state index contributed by atoms with van der Waals surface area (Å²) in [6.45, 7) is 3.28. The maximum absolute atomic E-state index is 12.9. The Morgan fingerprint density at radius 1 is 1.07 bits per heavy atom. The van der Waals surface area contributed by atoms with Crippen molar-refractivity contribution in [1.29, 1.82) is 0 Å². The Kier molecular flexibility index (Phi) is 10.3. The number of hydrogen-bond acceptors (Lipinski definition) is 7. The van der Waals surface area contributed by atoms with Crippen molar-refractivity contribution in [1.82, 2.24) is 9.37 Å². The largest absolute Gasteiger partial charge is 0.462 e. The maximum atomic E-state index is 12.9. The minimum atomic E-state index is -4.34. The van der Waals surface area contributed by atoms with Crippen LogP contribution < -0.4 is 0 Å². The summed E-state index contributed by atoms with van der Waals surface area (Å²) in [7, 11) is -4.34. The second-order valence-corrected chi connectivity index (χ2v) is 8.27. The minimum absolute atomic E-state index is 0.0136. The van der Waals surface area contributed by atoms with Crippen LogP contribution in [0.2, 0.25) is 0 Å². The number of esters is 1. The van der Waals surface area contributed by atoms with Crippen molar-refractivity contribution in [2.45, 2.75) is 57.3 Å². The molecule has 0 saturated heterocycles. The number of ether oxygens (including phenoxy) is 1. The number of rotatable bonds is 13. The van der Waals surface area contributed by atoms with Crippen LogP contribution in [-0.4, -0.2) is 54.6 Å². The van der Waals surface area contributed by atoms with Crippen molar-refractivity contribution in [2.24, 2.45) is 0 Å². The Bertz CT molecular complexity index is 778. The molecule has 9 nitrogen and oxygen atoms in total. The first-order valence-electron chi connectivity index (χ1n) is 9.51. The molecule has 0 heterocycles. The highest BCUT2D eigenvalue weighted by molar-refractivity contribution is 7.89. The fourth-order valence-corrected chi connectivity index (χ4v) is 3.81. The maximum Gasteiger partial charge on any atom is 0.338 e. The second-order valence-electron chi connectivity index (χ2n) is 6.40. The third kappa shape index (κ3) is 7.47. The molecule has 0 aliphatic heterocycles. The molecule has 1 aromatic carbocycles. The van der Waals surface area contributed by atoms with E-state index in [1.54, 1.807) is 0 Å². The van der Waals surface area contributed by atoms with E-state index in [0.717, 1.165) is 19.3 Å². The predicted octanol–water partition coefficient (Wildman–Crippen LogP) is 2.55. The molecule has 0 unspecified atom stereocenters. The van der Waals surface area contributed by atoms with Crippen LogP contribution in [0.1, 0.15) is 62.7 Å². The van der Waals surface area contributed by atoms with Crippen molar-refractivity contribution in [3.05, 3.63) is 29.8 Å². The second kappa shape index (κ2) is 12.2. The molecular weight excluding hydrogens is 400 g/mol. The molecule has 1 N–H and O–H groups in total. The normalized spacial score (nSPS) is 11.0. The number of unbranched alkanes of at least 4 members (excludes halogenated alkanes) is 3. The van der Waals surface area contributed by atoms with Crippen molar-refractivity contribution in [3.63, 3.8) is 0 Å². The molecule has 0 bridgehead atoms. The molecule has 0 aliphatic rings. The lowest BCUT2D eigenvalue weighted by Gasteiger charge is -2.24. The predicted molar refractivity (Wildman–Crippen MR) is 104 cm³/mol. The van der Waals surface area contributed by atoms with Gasteiger partial charge in [-0.15, -0.1) is 0 Å². The van der Waals surface area contributed by atoms with Gasteiger partial charge < -0.3 is 4.74 Å². The van der Waals surface area contributed by atoms with E-state index in [4.69, 9.17) is 4.74 Å². The molecule has 1 rings (SSSR count). The van der Waals surface area contributed by atoms with Crippen LogP contribution in [0.25, 0.3) is 0 Å². The molecule has 0 radical (unpaired) electrons. The number of benzene rings is 1. The number of amides is 2. The Morgan fingerprint density at radius 2 is 1.72 bits per heavy atom. The number of carbonyl (C=O) groups excluding carboxylic acids is 3. The topological polar surface area (TPSA) is 121 Å². The highest BCUT2D eigenvalue weighted by Crippen LogP contribution is 2.19. The SMILES string of the molecule is CCCCCCC(=O)N(CN(O)C=O)S(=O)(=O)c1ccc(C(=O)OCCC)cc1. The first kappa shape index (κ1) is 24.6. The summed E-state index contributed by atoms with van der Waals surface area (Å²) < 4.78 is 31.2. The minimum Gasteiger partial charge on any atom is -0.462 e. The number of sulfonamides is 1. The first-order valence-corrected chi connectivity index (χ1v) is 11.0. The summed E-state index contributed by atoms with van der Waals surface area (Å²) >= 11 is 0. The molecule has 0 spiro atoms. The van der Waals surface area contributed by atoms with Crippen molar-refractivity contribution in [3.8, 4) is 0 Å². The van der Waals surface area contributed by atoms with Crippen LogP contribution in [0, 0.1) is 0 Å². The Hall–Kier alpha value is -2.46. The highest BCUT2D eigenvalue weighted by atomic mass is 32.2. The van der Waals surface area contributed by atoms with Gasteiger partial charge in [-0.2, -0.15) is 0 Å². The lowest BCUT2D eigenvalue weighted by Crippen LogP contribution is -2.43. The smallest absolute Gasteiger partial charge is 0.338 e. The molecule has 29 heavy (non-hydrogen) atoms. The van der Waals surface area contributed by atoms with Crippen LogP contribution >= 0.6 is 0 Å². The van der Waals surface area contributed by atoms with E-state index >= 15 is 0 Å². The molecule has 1 aromatic rings. The third-order valence-corrected chi connectivity index (χ3v) is 5.80. The van der Waals surface area contributed by atoms with Crippen molar-refractivity contribution in [2.75, 3.05) is 13.3 Å². The molecule has 0 aromatic heterocycles. The highest BCUT2D eigenvalue weighted by Gasteiger charge is 2.30. The van der Waals surface area contributed by atoms with Crippen molar-refractivity contribution >= 4 is 28.3 Å². The van der Waals surface area contributed by atoms with Crippen LogP contribution in [0.5, 0.6) is 0 Å². The van der Waals surface area contributed by atoms with E-state index < -0.39 is 28.6 Å². The van der Waals surface area contributed by atoms with Crippen LogP contribution in [-0.2, 0) is 24.3 Å². The summed E-state index contributed by atoms with van der Waals surface area (Å²) in [5.74, 6) is -1.31. The number of hydroxylamine groups is 2. The van der Waals surface area contributed by atoms with Gasteiger partial charge in [-0.1, -0.05) is 33.1 Å². The van der Waals surface area contributed by atoms with E-state index in [0.29, 0.717) is 17.1 Å². The summed E-state index contributed by atoms with van der Waals surface area (Å²) in [4.78, 5) is 34.8. The lowest BCUT2D eigenvalue weighted by atomic mass is 10.1. The van der Waals surface area contributed by atoms with Gasteiger partial charge in [0.25, 0.3) is 10.0 Å². The quantitative estimate of drug-likeness (QED) is 0.128. The molecule has 162 valence electrons. The van der Waals surface area contributed by atoms with Gasteiger partial charge in [-0.3, -0.25) is 14.8 Å². The Labute approximate surface area is 171 Å². The summed E-state index contributed by atoms with van der Waals surface area (Å²) in [5.41, 5.74) is 0.173. The summed E-state index contributed by atoms with van der Waals surface area (Å²) in [6.07, 6.45) is 3.76. The van der Waals surface area contributed by atoms with Crippen LogP contribution in [0.4, 0.5) is 0 Å². The van der Waals surface area contributed by atoms with Gasteiger partial charge in [0.2, 0.25) is 12.3 Å². The van der Waals surface area contributed by atoms with Gasteiger partial charge >= 0.3 is 5.97 Å². The van der Waals surface area contributed by atoms with Gasteiger partial charge in [0.15, 0.2) is 0 Å². The van der Waals surface area contributed by atoms with E-state index in [1.165, 1.54) is 24.3 Å². The number of carbonyl (C=O) groups is 3. The molecule has 10 heteroatoms. The number of hydrogen-bond donors (Lipinski definition) is 1. The first-order chi connectivity index (χ1) is 13.8. The van der Waals surface area contributed by atoms with Gasteiger partial charge in [-0.05, 0) is 37.1 Å². The van der Waals surface area contributed by atoms with E-state index in [-0.39, 0.29) is 35.0 Å². The average Bonchev–Trinajstić information content (AvgIpc) is 2.72. The van der Waals surface area contributed by atoms with Gasteiger partial charge in [0.05, 0.1) is 17.1 Å². The van der Waals surface area contributed by atoms with Crippen molar-refractivity contribution < 1.29 is 32.7 Å². The van der Waals surface area contributed by atoms with Gasteiger partial charge in [-0.25, -0.2) is 22.6 Å². The number of nitrogens with zero attached hydrogens (tertiary/aromatic N) is 2. The zero-order valence-electron chi connectivity index (χ0n) is 16.7. The molecule has 0 atom stereocenters. The summed E-state index contributed by atoms with van der Waals surface area (Å²) in [5, 5.41) is 9.52. The monoisotopic (exact) mass is 428 g/mol. The summed E-state index contributed by atoms with van der Waals surface area (Å²) in [6, 6.07) is 4.92. The van der Waals surface area contributed by atoms with E-state index in [1.807, 2.05) is 13.8 Å². The fourth-order valence-electron chi connectivity index (χ4n) is 2.45. The molecule has 0 fully saturated rings. The lowest BCUT2D eigenvalue weighted by molar-refractivity contribution is -0.158. The van der Waals surface area contributed by atoms with Gasteiger partial charge in [0, 0.05) is 6.42 Å². The Morgan fingerprint density at radius 3 is 2.28 bits per heavy atom. The zero-order valence-corrected chi connectivity index (χ0v) is 17.6. The zero-order chi connectivity index (χ0) is 21.9. The standard InChI is InChI=1S/C19H28N2O7S/c1-3-5-6-7-8-18(23)21(14-20(25)15-22)29(26,27)17-11-9-16(10-12-17)19(24)28-13-4-2/h9-12,15,25H,3-8,13-14H2,1-2H3. The average molecular weight is 429 g/mol. The van der Waals surface area contributed by atoms with Crippen LogP contribution in [0.15, 0.2) is 29.2 Å². The molecule has 0 saturated carbocycles. The Balaban J connectivity index is 3.04. The van der Waals surface area contributed by atoms with E-state index in [2.05, 4.69) is 0 Å². The molecule has 2 amide bonds. The molecule has 0 aliphatic carbocycles. The fraction of sp³-hybridized carbons (Fsp3) is 0.526. The van der Waals surface area contributed by atoms with Gasteiger partial charge in [0.1, 0.15) is 6.67 Å². The van der Waals surface area contributed by atoms with E-state index in [9.17, 15) is 28.0 Å². The third-order valence-electron chi connectivity index (χ3n) is 4.03. The molecular formula is C19H28N2O7S.